The first kappa shape index (κ1) is 20.6. The second kappa shape index (κ2) is 8.78. The molecule has 0 fully saturated rings. The van der Waals surface area contributed by atoms with E-state index in [1.165, 1.54) is 13.2 Å². The molecule has 1 amide bonds. The van der Waals surface area contributed by atoms with Gasteiger partial charge >= 0.3 is 0 Å². The number of sulfonamides is 1. The number of carbonyl (C=O) groups is 1. The summed E-state index contributed by atoms with van der Waals surface area (Å²) in [5.41, 5.74) is 0.562. The van der Waals surface area contributed by atoms with E-state index in [1.54, 1.807) is 19.1 Å². The van der Waals surface area contributed by atoms with E-state index in [0.717, 1.165) is 20.0 Å². The molecule has 0 radical (unpaired) electrons. The maximum absolute atomic E-state index is 13.5. The van der Waals surface area contributed by atoms with Crippen LogP contribution in [0.15, 0.2) is 47.4 Å². The van der Waals surface area contributed by atoms with Crippen molar-refractivity contribution >= 4 is 44.2 Å². The standard InChI is InChI=1S/C17H18FIN2O4S/c1-3-21(11-17(22)20-14-7-5-13(19)6-8-14)26(23,24)16-10-12(18)4-9-15(16)25-2/h4-10H,3,11H2,1-2H3,(H,20,22). The molecule has 2 aromatic carbocycles. The highest BCUT2D eigenvalue weighted by Crippen LogP contribution is 2.27. The highest BCUT2D eigenvalue weighted by atomic mass is 127. The van der Waals surface area contributed by atoms with Crippen LogP contribution in [-0.4, -0.2) is 38.8 Å². The van der Waals surface area contributed by atoms with Gasteiger partial charge in [-0.05, 0) is 65.1 Å². The number of anilines is 1. The molecule has 26 heavy (non-hydrogen) atoms. The zero-order valence-electron chi connectivity index (χ0n) is 14.2. The third-order valence-electron chi connectivity index (χ3n) is 3.54. The van der Waals surface area contributed by atoms with Crippen LogP contribution < -0.4 is 10.1 Å². The number of halogens is 2. The lowest BCUT2D eigenvalue weighted by atomic mass is 10.3. The van der Waals surface area contributed by atoms with Gasteiger partial charge < -0.3 is 10.1 Å². The predicted octanol–water partition coefficient (Wildman–Crippen LogP) is 3.09. The van der Waals surface area contributed by atoms with Crippen molar-refractivity contribution in [3.8, 4) is 5.75 Å². The normalized spacial score (nSPS) is 11.4. The van der Waals surface area contributed by atoms with Crippen LogP contribution in [0, 0.1) is 9.39 Å². The Morgan fingerprint density at radius 2 is 1.88 bits per heavy atom. The van der Waals surface area contributed by atoms with Gasteiger partial charge in [-0.25, -0.2) is 12.8 Å². The van der Waals surface area contributed by atoms with Crippen molar-refractivity contribution in [2.45, 2.75) is 11.8 Å². The minimum atomic E-state index is -4.10. The summed E-state index contributed by atoms with van der Waals surface area (Å²) in [5, 5.41) is 2.64. The lowest BCUT2D eigenvalue weighted by Gasteiger charge is -2.21. The zero-order valence-corrected chi connectivity index (χ0v) is 17.2. The van der Waals surface area contributed by atoms with Gasteiger partial charge in [-0.1, -0.05) is 6.92 Å². The minimum Gasteiger partial charge on any atom is -0.495 e. The molecule has 0 aliphatic heterocycles. The smallest absolute Gasteiger partial charge is 0.247 e. The van der Waals surface area contributed by atoms with Gasteiger partial charge in [-0.15, -0.1) is 0 Å². The van der Waals surface area contributed by atoms with Gasteiger partial charge in [0.1, 0.15) is 16.5 Å². The Hall–Kier alpha value is -1.72. The van der Waals surface area contributed by atoms with Gasteiger partial charge in [-0.2, -0.15) is 4.31 Å². The van der Waals surface area contributed by atoms with Gasteiger partial charge in [0.05, 0.1) is 13.7 Å². The minimum absolute atomic E-state index is 0.0166. The molecule has 0 spiro atoms. The topological polar surface area (TPSA) is 75.7 Å². The highest BCUT2D eigenvalue weighted by Gasteiger charge is 2.29. The van der Waals surface area contributed by atoms with Crippen LogP contribution in [0.25, 0.3) is 0 Å². The van der Waals surface area contributed by atoms with Gasteiger partial charge in [0, 0.05) is 15.8 Å². The number of ether oxygens (including phenoxy) is 1. The van der Waals surface area contributed by atoms with Crippen molar-refractivity contribution in [1.82, 2.24) is 4.31 Å². The number of rotatable bonds is 7. The molecule has 0 bridgehead atoms. The van der Waals surface area contributed by atoms with Gasteiger partial charge in [0.2, 0.25) is 15.9 Å². The molecule has 0 aromatic heterocycles. The number of hydrogen-bond donors (Lipinski definition) is 1. The van der Waals surface area contributed by atoms with Crippen LogP contribution >= 0.6 is 22.6 Å². The highest BCUT2D eigenvalue weighted by molar-refractivity contribution is 14.1. The van der Waals surface area contributed by atoms with E-state index in [-0.39, 0.29) is 17.2 Å². The van der Waals surface area contributed by atoms with E-state index in [2.05, 4.69) is 27.9 Å². The van der Waals surface area contributed by atoms with Crippen LogP contribution in [0.3, 0.4) is 0 Å². The Bertz CT molecular complexity index is 888. The summed E-state index contributed by atoms with van der Waals surface area (Å²) in [4.78, 5) is 11.9. The first-order chi connectivity index (χ1) is 12.3. The third-order valence-corrected chi connectivity index (χ3v) is 6.21. The Morgan fingerprint density at radius 1 is 1.23 bits per heavy atom. The van der Waals surface area contributed by atoms with E-state index in [9.17, 15) is 17.6 Å². The number of benzene rings is 2. The molecule has 0 aliphatic carbocycles. The second-order valence-corrected chi connectivity index (χ2v) is 8.43. The lowest BCUT2D eigenvalue weighted by Crippen LogP contribution is -2.38. The molecule has 0 heterocycles. The molecular formula is C17H18FIN2O4S. The molecule has 0 unspecified atom stereocenters. The lowest BCUT2D eigenvalue weighted by molar-refractivity contribution is -0.116. The van der Waals surface area contributed by atoms with Crippen LogP contribution in [0.4, 0.5) is 10.1 Å². The molecule has 0 saturated heterocycles. The Morgan fingerprint density at radius 3 is 2.46 bits per heavy atom. The van der Waals surface area contributed by atoms with Crippen LogP contribution in [0.1, 0.15) is 6.92 Å². The summed E-state index contributed by atoms with van der Waals surface area (Å²) in [6, 6.07) is 10.3. The fourth-order valence-electron chi connectivity index (χ4n) is 2.25. The van der Waals surface area contributed by atoms with Gasteiger partial charge in [0.25, 0.3) is 0 Å². The summed E-state index contributed by atoms with van der Waals surface area (Å²) < 4.78 is 46.2. The second-order valence-electron chi connectivity index (χ2n) is 5.28. The van der Waals surface area contributed by atoms with E-state index in [0.29, 0.717) is 5.69 Å². The number of amides is 1. The molecule has 0 aliphatic rings. The molecule has 0 atom stereocenters. The van der Waals surface area contributed by atoms with E-state index < -0.39 is 28.3 Å². The van der Waals surface area contributed by atoms with E-state index in [1.807, 2.05) is 12.1 Å². The average molecular weight is 492 g/mol. The van der Waals surface area contributed by atoms with Crippen molar-refractivity contribution in [3.05, 3.63) is 51.9 Å². The van der Waals surface area contributed by atoms with Crippen molar-refractivity contribution in [3.63, 3.8) is 0 Å². The molecule has 9 heteroatoms. The summed E-state index contributed by atoms with van der Waals surface area (Å²) in [6.07, 6.45) is 0. The molecule has 140 valence electrons. The van der Waals surface area contributed by atoms with Gasteiger partial charge in [-0.3, -0.25) is 4.79 Å². The van der Waals surface area contributed by atoms with Crippen molar-refractivity contribution in [2.24, 2.45) is 0 Å². The fraction of sp³-hybridized carbons (Fsp3) is 0.235. The zero-order chi connectivity index (χ0) is 19.3. The summed E-state index contributed by atoms with van der Waals surface area (Å²) in [7, 11) is -2.81. The third kappa shape index (κ3) is 4.92. The Balaban J connectivity index is 2.22. The molecule has 2 rings (SSSR count). The predicted molar refractivity (Wildman–Crippen MR) is 105 cm³/mol. The van der Waals surface area contributed by atoms with Crippen molar-refractivity contribution in [2.75, 3.05) is 25.5 Å². The number of methoxy groups -OCH3 is 1. The summed E-state index contributed by atoms with van der Waals surface area (Å²) in [5.74, 6) is -1.18. The number of likely N-dealkylation sites (N-methyl/N-ethyl adjacent to an activating group) is 1. The number of nitrogens with one attached hydrogen (secondary N) is 1. The van der Waals surface area contributed by atoms with E-state index >= 15 is 0 Å². The van der Waals surface area contributed by atoms with Gasteiger partial charge in [0.15, 0.2) is 0 Å². The Labute approximate surface area is 165 Å². The maximum atomic E-state index is 13.5. The SMILES string of the molecule is CCN(CC(=O)Nc1ccc(I)cc1)S(=O)(=O)c1cc(F)ccc1OC. The first-order valence-corrected chi connectivity index (χ1v) is 10.2. The maximum Gasteiger partial charge on any atom is 0.247 e. The Kier molecular flexibility index (Phi) is 6.95. The van der Waals surface area contributed by atoms with E-state index in [4.69, 9.17) is 4.74 Å². The molecule has 6 nitrogen and oxygen atoms in total. The van der Waals surface area contributed by atoms with Crippen molar-refractivity contribution in [1.29, 1.82) is 0 Å². The number of hydrogen-bond acceptors (Lipinski definition) is 4. The van der Waals surface area contributed by atoms with Crippen molar-refractivity contribution < 1.29 is 22.3 Å². The summed E-state index contributed by atoms with van der Waals surface area (Å²) >= 11 is 2.14. The van der Waals surface area contributed by atoms with Crippen LogP contribution in [0.2, 0.25) is 0 Å². The first-order valence-electron chi connectivity index (χ1n) is 7.67. The summed E-state index contributed by atoms with van der Waals surface area (Å²) in [6.45, 7) is 1.24. The number of nitrogens with zero attached hydrogens (tertiary/aromatic N) is 1. The fourth-order valence-corrected chi connectivity index (χ4v) is 4.18. The molecule has 2 aromatic rings. The quantitative estimate of drug-likeness (QED) is 0.603. The van der Waals surface area contributed by atoms with Crippen LogP contribution in [-0.2, 0) is 14.8 Å². The average Bonchev–Trinajstić information content (AvgIpc) is 2.61. The monoisotopic (exact) mass is 492 g/mol. The molecule has 1 N–H and O–H groups in total. The number of carbonyl (C=O) groups excluding carboxylic acids is 1. The largest absolute Gasteiger partial charge is 0.495 e. The molecule has 0 saturated carbocycles. The van der Waals surface area contributed by atoms with Crippen LogP contribution in [0.5, 0.6) is 5.75 Å². The molecular weight excluding hydrogens is 474 g/mol.